The van der Waals surface area contributed by atoms with Crippen LogP contribution in [0, 0.1) is 11.7 Å². The average Bonchev–Trinajstić information content (AvgIpc) is 2.57. The molecule has 5 nitrogen and oxygen atoms in total. The first kappa shape index (κ1) is 21.6. The Labute approximate surface area is 158 Å². The van der Waals surface area contributed by atoms with Crippen molar-refractivity contribution < 1.29 is 14.0 Å². The molecule has 0 aliphatic carbocycles. The summed E-state index contributed by atoms with van der Waals surface area (Å²) in [5, 5.41) is 5.21. The Morgan fingerprint density at radius 3 is 2.35 bits per heavy atom. The van der Waals surface area contributed by atoms with Gasteiger partial charge in [-0.05, 0) is 30.7 Å². The first-order valence-electron chi connectivity index (χ1n) is 8.06. The number of hydrogen-bond donors (Lipinski definition) is 3. The van der Waals surface area contributed by atoms with Crippen molar-refractivity contribution in [3.8, 4) is 0 Å². The van der Waals surface area contributed by atoms with Crippen LogP contribution in [0.3, 0.4) is 0 Å². The quantitative estimate of drug-likeness (QED) is 0.719. The number of hydrogen-bond acceptors (Lipinski definition) is 3. The Bertz CT molecular complexity index is 754. The maximum absolute atomic E-state index is 13.9. The molecular weight excluding hydrogens is 357 g/mol. The van der Waals surface area contributed by atoms with E-state index in [1.54, 1.807) is 13.8 Å². The molecule has 0 aliphatic heterocycles. The molecule has 0 fully saturated rings. The van der Waals surface area contributed by atoms with E-state index in [4.69, 9.17) is 5.73 Å². The maximum atomic E-state index is 13.9. The molecular formula is C19H23ClFN3O2. The molecule has 0 spiro atoms. The van der Waals surface area contributed by atoms with Crippen molar-refractivity contribution in [3.63, 3.8) is 0 Å². The van der Waals surface area contributed by atoms with Gasteiger partial charge in [0, 0.05) is 11.7 Å². The third-order valence-electron chi connectivity index (χ3n) is 3.92. The summed E-state index contributed by atoms with van der Waals surface area (Å²) in [7, 11) is 0. The fourth-order valence-corrected chi connectivity index (χ4v) is 2.17. The van der Waals surface area contributed by atoms with E-state index >= 15 is 0 Å². The van der Waals surface area contributed by atoms with Crippen LogP contribution in [0.5, 0.6) is 0 Å². The lowest BCUT2D eigenvalue weighted by atomic mass is 10.0. The van der Waals surface area contributed by atoms with Gasteiger partial charge in [-0.15, -0.1) is 12.4 Å². The molecule has 0 bridgehead atoms. The second-order valence-corrected chi connectivity index (χ2v) is 6.04. The largest absolute Gasteiger partial charge is 0.327 e. The standard InChI is InChI=1S/C19H22FN3O2.ClH/c1-12(13(2)21)19(25)22-15-8-9-16(20)17(11-15)23-18(24)10-14-6-4-3-5-7-14;/h3-9,11-13H,10,21H2,1-2H3,(H,22,25)(H,23,24);1H. The number of amides is 2. The Hall–Kier alpha value is -2.44. The van der Waals surface area contributed by atoms with E-state index in [0.717, 1.165) is 5.56 Å². The van der Waals surface area contributed by atoms with E-state index in [-0.39, 0.29) is 48.3 Å². The molecule has 4 N–H and O–H groups in total. The van der Waals surface area contributed by atoms with E-state index in [9.17, 15) is 14.0 Å². The zero-order valence-corrected chi connectivity index (χ0v) is 15.5. The van der Waals surface area contributed by atoms with Gasteiger partial charge in [0.2, 0.25) is 11.8 Å². The van der Waals surface area contributed by atoms with E-state index in [1.165, 1.54) is 18.2 Å². The van der Waals surface area contributed by atoms with Crippen LogP contribution in [0.15, 0.2) is 48.5 Å². The Balaban J connectivity index is 0.00000338. The summed E-state index contributed by atoms with van der Waals surface area (Å²) in [6.45, 7) is 3.45. The molecule has 0 heterocycles. The van der Waals surface area contributed by atoms with Crippen LogP contribution < -0.4 is 16.4 Å². The predicted octanol–water partition coefficient (Wildman–Crippen LogP) is 3.35. The summed E-state index contributed by atoms with van der Waals surface area (Å²) in [5.74, 6) is -1.55. The van der Waals surface area contributed by atoms with Gasteiger partial charge in [0.1, 0.15) is 5.82 Å². The summed E-state index contributed by atoms with van der Waals surface area (Å²) in [5.41, 5.74) is 6.95. The SMILES string of the molecule is CC(N)C(C)C(=O)Nc1ccc(F)c(NC(=O)Cc2ccccc2)c1.Cl. The molecule has 2 rings (SSSR count). The highest BCUT2D eigenvalue weighted by Gasteiger charge is 2.17. The molecule has 2 amide bonds. The van der Waals surface area contributed by atoms with Crippen LogP contribution in [-0.4, -0.2) is 17.9 Å². The fraction of sp³-hybridized carbons (Fsp3) is 0.263. The van der Waals surface area contributed by atoms with Crippen molar-refractivity contribution in [1.82, 2.24) is 0 Å². The second kappa shape index (κ2) is 9.89. The summed E-state index contributed by atoms with van der Waals surface area (Å²) >= 11 is 0. The number of halogens is 2. The fourth-order valence-electron chi connectivity index (χ4n) is 2.17. The van der Waals surface area contributed by atoms with E-state index < -0.39 is 5.82 Å². The molecule has 0 aromatic heterocycles. The smallest absolute Gasteiger partial charge is 0.228 e. The highest BCUT2D eigenvalue weighted by molar-refractivity contribution is 5.95. The number of benzene rings is 2. The molecule has 0 aliphatic rings. The minimum absolute atomic E-state index is 0. The van der Waals surface area contributed by atoms with Crippen molar-refractivity contribution in [2.24, 2.45) is 11.7 Å². The van der Waals surface area contributed by atoms with E-state index in [2.05, 4.69) is 10.6 Å². The Morgan fingerprint density at radius 2 is 1.73 bits per heavy atom. The zero-order chi connectivity index (χ0) is 18.4. The van der Waals surface area contributed by atoms with Gasteiger partial charge in [-0.25, -0.2) is 4.39 Å². The minimum atomic E-state index is -0.570. The van der Waals surface area contributed by atoms with E-state index in [0.29, 0.717) is 5.69 Å². The van der Waals surface area contributed by atoms with Crippen LogP contribution in [0.2, 0.25) is 0 Å². The maximum Gasteiger partial charge on any atom is 0.228 e. The lowest BCUT2D eigenvalue weighted by molar-refractivity contribution is -0.119. The average molecular weight is 380 g/mol. The molecule has 0 saturated heterocycles. The van der Waals surface area contributed by atoms with Crippen LogP contribution in [0.4, 0.5) is 15.8 Å². The number of anilines is 2. The molecule has 26 heavy (non-hydrogen) atoms. The van der Waals surface area contributed by atoms with Crippen molar-refractivity contribution in [1.29, 1.82) is 0 Å². The van der Waals surface area contributed by atoms with Gasteiger partial charge >= 0.3 is 0 Å². The van der Waals surface area contributed by atoms with Gasteiger partial charge < -0.3 is 16.4 Å². The summed E-state index contributed by atoms with van der Waals surface area (Å²) < 4.78 is 13.9. The summed E-state index contributed by atoms with van der Waals surface area (Å²) in [6, 6.07) is 12.9. The summed E-state index contributed by atoms with van der Waals surface area (Å²) in [6.07, 6.45) is 0.137. The number of nitrogens with one attached hydrogen (secondary N) is 2. The highest BCUT2D eigenvalue weighted by atomic mass is 35.5. The third kappa shape index (κ3) is 6.13. The van der Waals surface area contributed by atoms with E-state index in [1.807, 2.05) is 30.3 Å². The van der Waals surface area contributed by atoms with Crippen LogP contribution in [0.25, 0.3) is 0 Å². The zero-order valence-electron chi connectivity index (χ0n) is 14.7. The molecule has 0 radical (unpaired) electrons. The number of rotatable bonds is 6. The first-order chi connectivity index (χ1) is 11.9. The molecule has 2 aromatic rings. The topological polar surface area (TPSA) is 84.2 Å². The predicted molar refractivity (Wildman–Crippen MR) is 104 cm³/mol. The monoisotopic (exact) mass is 379 g/mol. The van der Waals surface area contributed by atoms with Crippen LogP contribution in [0.1, 0.15) is 19.4 Å². The molecule has 140 valence electrons. The first-order valence-corrected chi connectivity index (χ1v) is 8.06. The lowest BCUT2D eigenvalue weighted by Gasteiger charge is -2.16. The van der Waals surface area contributed by atoms with Crippen molar-refractivity contribution in [3.05, 3.63) is 59.9 Å². The molecule has 2 atom stereocenters. The van der Waals surface area contributed by atoms with Crippen molar-refractivity contribution in [2.45, 2.75) is 26.3 Å². The Morgan fingerprint density at radius 1 is 1.08 bits per heavy atom. The normalized spacial score (nSPS) is 12.5. The highest BCUT2D eigenvalue weighted by Crippen LogP contribution is 2.21. The molecule has 2 unspecified atom stereocenters. The van der Waals surface area contributed by atoms with Crippen molar-refractivity contribution in [2.75, 3.05) is 10.6 Å². The molecule has 2 aromatic carbocycles. The molecule has 7 heteroatoms. The summed E-state index contributed by atoms with van der Waals surface area (Å²) in [4.78, 5) is 24.1. The minimum Gasteiger partial charge on any atom is -0.327 e. The van der Waals surface area contributed by atoms with Gasteiger partial charge in [0.15, 0.2) is 0 Å². The third-order valence-corrected chi connectivity index (χ3v) is 3.92. The van der Waals surface area contributed by atoms with Gasteiger partial charge in [-0.2, -0.15) is 0 Å². The number of nitrogens with two attached hydrogens (primary N) is 1. The number of carbonyl (C=O) groups is 2. The van der Waals surface area contributed by atoms with Crippen LogP contribution >= 0.6 is 12.4 Å². The second-order valence-electron chi connectivity index (χ2n) is 6.04. The lowest BCUT2D eigenvalue weighted by Crippen LogP contribution is -2.34. The van der Waals surface area contributed by atoms with Gasteiger partial charge in [0.05, 0.1) is 18.0 Å². The Kier molecular flexibility index (Phi) is 8.22. The molecule has 0 saturated carbocycles. The van der Waals surface area contributed by atoms with Crippen molar-refractivity contribution >= 4 is 35.6 Å². The van der Waals surface area contributed by atoms with Gasteiger partial charge in [0.25, 0.3) is 0 Å². The van der Waals surface area contributed by atoms with Gasteiger partial charge in [-0.1, -0.05) is 37.3 Å². The number of carbonyl (C=O) groups excluding carboxylic acids is 2. The van der Waals surface area contributed by atoms with Gasteiger partial charge in [-0.3, -0.25) is 9.59 Å². The van der Waals surface area contributed by atoms with Crippen LogP contribution in [-0.2, 0) is 16.0 Å².